The van der Waals surface area contributed by atoms with E-state index in [1.165, 1.54) is 16.7 Å². The minimum absolute atomic E-state index is 0.0432. The molecule has 6 nitrogen and oxygen atoms in total. The molecule has 0 unspecified atom stereocenters. The van der Waals surface area contributed by atoms with E-state index in [1.807, 2.05) is 49.1 Å². The van der Waals surface area contributed by atoms with Crippen LogP contribution in [0.2, 0.25) is 0 Å². The average molecular weight is 444 g/mol. The monoisotopic (exact) mass is 443 g/mol. The second-order valence-electron chi connectivity index (χ2n) is 8.66. The molecule has 0 atom stereocenters. The summed E-state index contributed by atoms with van der Waals surface area (Å²) in [5, 5.41) is 3.04. The van der Waals surface area contributed by atoms with Gasteiger partial charge in [0.1, 0.15) is 11.6 Å². The van der Waals surface area contributed by atoms with E-state index in [1.54, 1.807) is 0 Å². The fourth-order valence-electron chi connectivity index (χ4n) is 4.34. The number of amides is 2. The Morgan fingerprint density at radius 1 is 0.939 bits per heavy atom. The van der Waals surface area contributed by atoms with E-state index in [2.05, 4.69) is 41.4 Å². The Bertz CT molecular complexity index is 1080. The molecule has 0 aliphatic carbocycles. The molecule has 0 bridgehead atoms. The number of aryl methyl sites for hydroxylation is 3. The minimum Gasteiger partial charge on any atom is -0.354 e. The number of hydrogen-bond acceptors (Lipinski definition) is 4. The van der Waals surface area contributed by atoms with Crippen molar-refractivity contribution >= 4 is 17.5 Å². The highest BCUT2D eigenvalue weighted by atomic mass is 16.2. The van der Waals surface area contributed by atoms with Crippen molar-refractivity contribution in [1.29, 1.82) is 0 Å². The van der Waals surface area contributed by atoms with Gasteiger partial charge in [-0.3, -0.25) is 0 Å². The number of nitrogens with one attached hydrogen (secondary N) is 1. The maximum absolute atomic E-state index is 12.9. The van der Waals surface area contributed by atoms with E-state index in [9.17, 15) is 4.79 Å². The second-order valence-corrected chi connectivity index (χ2v) is 8.66. The van der Waals surface area contributed by atoms with Gasteiger partial charge < -0.3 is 15.1 Å². The molecule has 0 spiro atoms. The van der Waals surface area contributed by atoms with E-state index in [0.717, 1.165) is 61.9 Å². The molecule has 1 aliphatic heterocycles. The van der Waals surface area contributed by atoms with Crippen LogP contribution in [0.25, 0.3) is 0 Å². The van der Waals surface area contributed by atoms with Gasteiger partial charge in [-0.05, 0) is 44.4 Å². The lowest BCUT2D eigenvalue weighted by Crippen LogP contribution is -2.38. The third-order valence-corrected chi connectivity index (χ3v) is 6.13. The van der Waals surface area contributed by atoms with Crippen molar-refractivity contribution < 1.29 is 4.79 Å². The number of benzene rings is 2. The normalized spacial score (nSPS) is 14.2. The summed E-state index contributed by atoms with van der Waals surface area (Å²) in [7, 11) is 0. The van der Waals surface area contributed by atoms with Crippen LogP contribution in [-0.2, 0) is 12.8 Å². The molecule has 1 aliphatic rings. The van der Waals surface area contributed by atoms with Crippen LogP contribution >= 0.6 is 0 Å². The first kappa shape index (κ1) is 22.8. The van der Waals surface area contributed by atoms with Crippen LogP contribution < -0.4 is 10.2 Å². The molecule has 33 heavy (non-hydrogen) atoms. The number of nitrogens with zero attached hydrogens (tertiary/aromatic N) is 4. The number of rotatable bonds is 5. The van der Waals surface area contributed by atoms with Crippen LogP contribution in [0.3, 0.4) is 0 Å². The Hall–Kier alpha value is -3.41. The number of urea groups is 1. The van der Waals surface area contributed by atoms with Crippen molar-refractivity contribution in [3.8, 4) is 0 Å². The molecule has 3 aromatic rings. The zero-order valence-corrected chi connectivity index (χ0v) is 19.8. The molecule has 0 radical (unpaired) electrons. The van der Waals surface area contributed by atoms with Crippen LogP contribution in [-0.4, -0.2) is 47.1 Å². The molecule has 2 aromatic carbocycles. The molecule has 6 heteroatoms. The Balaban J connectivity index is 1.51. The van der Waals surface area contributed by atoms with Crippen molar-refractivity contribution in [3.63, 3.8) is 0 Å². The lowest BCUT2D eigenvalue weighted by atomic mass is 10.0. The summed E-state index contributed by atoms with van der Waals surface area (Å²) < 4.78 is 0. The molecule has 1 aromatic heterocycles. The Kier molecular flexibility index (Phi) is 7.23. The van der Waals surface area contributed by atoms with Crippen LogP contribution in [0, 0.1) is 13.8 Å². The van der Waals surface area contributed by atoms with Gasteiger partial charge in [0.15, 0.2) is 0 Å². The van der Waals surface area contributed by atoms with E-state index in [4.69, 9.17) is 9.97 Å². The summed E-state index contributed by atoms with van der Waals surface area (Å²) in [6.07, 6.45) is 2.59. The lowest BCUT2D eigenvalue weighted by Gasteiger charge is -2.26. The molecule has 2 heterocycles. The maximum atomic E-state index is 12.9. The fraction of sp³-hybridized carbons (Fsp3) is 0.370. The summed E-state index contributed by atoms with van der Waals surface area (Å²) >= 11 is 0. The van der Waals surface area contributed by atoms with Gasteiger partial charge in [-0.15, -0.1) is 0 Å². The SMILES string of the molecule is CCc1nc(C)nc(N2CCCN(C(=O)Nc3ccc(C)cc3)CC2)c1Cc1ccccc1. The molecule has 0 saturated carbocycles. The zero-order valence-electron chi connectivity index (χ0n) is 19.8. The minimum atomic E-state index is -0.0432. The first-order valence-electron chi connectivity index (χ1n) is 11.8. The predicted octanol–water partition coefficient (Wildman–Crippen LogP) is 4.99. The predicted molar refractivity (Wildman–Crippen MR) is 134 cm³/mol. The lowest BCUT2D eigenvalue weighted by molar-refractivity contribution is 0.215. The third kappa shape index (κ3) is 5.69. The van der Waals surface area contributed by atoms with Crippen molar-refractivity contribution in [2.45, 2.75) is 40.0 Å². The molecule has 172 valence electrons. The Labute approximate surface area is 196 Å². The van der Waals surface area contributed by atoms with Crippen molar-refractivity contribution in [1.82, 2.24) is 14.9 Å². The van der Waals surface area contributed by atoms with Gasteiger partial charge in [0.2, 0.25) is 0 Å². The van der Waals surface area contributed by atoms with Crippen LogP contribution in [0.4, 0.5) is 16.3 Å². The largest absolute Gasteiger partial charge is 0.354 e. The zero-order chi connectivity index (χ0) is 23.2. The quantitative estimate of drug-likeness (QED) is 0.603. The van der Waals surface area contributed by atoms with Crippen molar-refractivity contribution in [2.24, 2.45) is 0 Å². The Morgan fingerprint density at radius 3 is 2.42 bits per heavy atom. The van der Waals surface area contributed by atoms with Gasteiger partial charge in [-0.1, -0.05) is 55.0 Å². The van der Waals surface area contributed by atoms with Gasteiger partial charge >= 0.3 is 6.03 Å². The first-order chi connectivity index (χ1) is 16.0. The summed E-state index contributed by atoms with van der Waals surface area (Å²) in [6.45, 7) is 9.17. The number of aromatic nitrogens is 2. The van der Waals surface area contributed by atoms with Gasteiger partial charge in [-0.25, -0.2) is 14.8 Å². The first-order valence-corrected chi connectivity index (χ1v) is 11.8. The molecular formula is C27H33N5O. The van der Waals surface area contributed by atoms with Crippen molar-refractivity contribution in [2.75, 3.05) is 36.4 Å². The van der Waals surface area contributed by atoms with E-state index < -0.39 is 0 Å². The number of hydrogen-bond donors (Lipinski definition) is 1. The molecule has 2 amide bonds. The standard InChI is InChI=1S/C27H33N5O/c1-4-25-24(19-22-9-6-5-7-10-22)26(29-21(3)28-25)31-15-8-16-32(18-17-31)27(33)30-23-13-11-20(2)12-14-23/h5-7,9-14H,4,8,15-19H2,1-3H3,(H,30,33). The molecule has 1 saturated heterocycles. The molecule has 4 rings (SSSR count). The van der Waals surface area contributed by atoms with Gasteiger partial charge in [0, 0.05) is 49.5 Å². The number of anilines is 2. The van der Waals surface area contributed by atoms with E-state index >= 15 is 0 Å². The molecule has 1 fully saturated rings. The maximum Gasteiger partial charge on any atom is 0.321 e. The fourth-order valence-corrected chi connectivity index (χ4v) is 4.34. The molecular weight excluding hydrogens is 410 g/mol. The summed E-state index contributed by atoms with van der Waals surface area (Å²) in [5.74, 6) is 1.82. The highest BCUT2D eigenvalue weighted by Gasteiger charge is 2.23. The summed E-state index contributed by atoms with van der Waals surface area (Å²) in [5.41, 5.74) is 5.58. The van der Waals surface area contributed by atoms with E-state index in [0.29, 0.717) is 6.54 Å². The number of carbonyl (C=O) groups excluding carboxylic acids is 1. The summed E-state index contributed by atoms with van der Waals surface area (Å²) in [4.78, 5) is 26.8. The summed E-state index contributed by atoms with van der Waals surface area (Å²) in [6, 6.07) is 18.4. The third-order valence-electron chi connectivity index (χ3n) is 6.13. The Morgan fingerprint density at radius 2 is 1.70 bits per heavy atom. The average Bonchev–Trinajstić information content (AvgIpc) is 3.08. The topological polar surface area (TPSA) is 61.4 Å². The van der Waals surface area contributed by atoms with Gasteiger partial charge in [-0.2, -0.15) is 0 Å². The van der Waals surface area contributed by atoms with Crippen LogP contribution in [0.1, 0.15) is 41.6 Å². The van der Waals surface area contributed by atoms with Crippen molar-refractivity contribution in [3.05, 3.63) is 82.8 Å². The van der Waals surface area contributed by atoms with Crippen LogP contribution in [0.15, 0.2) is 54.6 Å². The van der Waals surface area contributed by atoms with Gasteiger partial charge in [0.25, 0.3) is 0 Å². The smallest absolute Gasteiger partial charge is 0.321 e. The number of carbonyl (C=O) groups is 1. The highest BCUT2D eigenvalue weighted by molar-refractivity contribution is 5.89. The second kappa shape index (κ2) is 10.5. The van der Waals surface area contributed by atoms with E-state index in [-0.39, 0.29) is 6.03 Å². The van der Waals surface area contributed by atoms with Crippen LogP contribution in [0.5, 0.6) is 0 Å². The molecule has 1 N–H and O–H groups in total. The van der Waals surface area contributed by atoms with Gasteiger partial charge in [0.05, 0.1) is 0 Å². The highest BCUT2D eigenvalue weighted by Crippen LogP contribution is 2.26.